The van der Waals surface area contributed by atoms with Crippen LogP contribution >= 0.6 is 0 Å². The summed E-state index contributed by atoms with van der Waals surface area (Å²) in [6.07, 6.45) is 0. The van der Waals surface area contributed by atoms with Crippen LogP contribution in [0, 0.1) is 6.92 Å². The predicted molar refractivity (Wildman–Crippen MR) is 68.9 cm³/mol. The molecule has 7 heteroatoms. The SMILES string of the molecule is CCn1nc(C)cc1S(=O)(=O)N1CCNC(C)C1. The van der Waals surface area contributed by atoms with Crippen LogP contribution in [0.5, 0.6) is 0 Å². The maximum Gasteiger partial charge on any atom is 0.260 e. The van der Waals surface area contributed by atoms with Gasteiger partial charge in [-0.05, 0) is 26.8 Å². The third kappa shape index (κ3) is 2.43. The maximum absolute atomic E-state index is 12.6. The van der Waals surface area contributed by atoms with Crippen molar-refractivity contribution >= 4 is 10.0 Å². The number of sulfonamides is 1. The fraction of sp³-hybridized carbons (Fsp3) is 0.727. The van der Waals surface area contributed by atoms with E-state index in [1.165, 1.54) is 4.31 Å². The molecule has 1 aliphatic heterocycles. The number of hydrogen-bond donors (Lipinski definition) is 1. The van der Waals surface area contributed by atoms with Gasteiger partial charge < -0.3 is 5.32 Å². The van der Waals surface area contributed by atoms with E-state index < -0.39 is 10.0 Å². The minimum Gasteiger partial charge on any atom is -0.312 e. The molecule has 1 aromatic heterocycles. The van der Waals surface area contributed by atoms with Crippen LogP contribution in [0.15, 0.2) is 11.1 Å². The molecule has 0 radical (unpaired) electrons. The van der Waals surface area contributed by atoms with Crippen LogP contribution in [-0.4, -0.2) is 48.2 Å². The van der Waals surface area contributed by atoms with Gasteiger partial charge in [-0.1, -0.05) is 0 Å². The molecule has 1 atom stereocenters. The zero-order valence-electron chi connectivity index (χ0n) is 11.0. The van der Waals surface area contributed by atoms with Crippen molar-refractivity contribution in [3.8, 4) is 0 Å². The van der Waals surface area contributed by atoms with Gasteiger partial charge in [0.2, 0.25) is 0 Å². The summed E-state index contributed by atoms with van der Waals surface area (Å²) in [6.45, 7) is 7.97. The molecular formula is C11H20N4O2S. The van der Waals surface area contributed by atoms with Crippen molar-refractivity contribution in [3.05, 3.63) is 11.8 Å². The Bertz CT molecular complexity index is 523. The summed E-state index contributed by atoms with van der Waals surface area (Å²) in [5.41, 5.74) is 0.735. The molecule has 0 spiro atoms. The van der Waals surface area contributed by atoms with Crippen molar-refractivity contribution in [1.82, 2.24) is 19.4 Å². The van der Waals surface area contributed by atoms with Crippen molar-refractivity contribution in [1.29, 1.82) is 0 Å². The third-order valence-corrected chi connectivity index (χ3v) is 4.97. The highest BCUT2D eigenvalue weighted by Crippen LogP contribution is 2.18. The minimum absolute atomic E-state index is 0.188. The van der Waals surface area contributed by atoms with E-state index in [0.717, 1.165) is 5.69 Å². The summed E-state index contributed by atoms with van der Waals surface area (Å²) in [5, 5.41) is 7.75. The number of hydrogen-bond acceptors (Lipinski definition) is 4. The Balaban J connectivity index is 2.35. The summed E-state index contributed by atoms with van der Waals surface area (Å²) in [7, 11) is -3.42. The zero-order chi connectivity index (χ0) is 13.3. The number of aryl methyl sites for hydroxylation is 2. The van der Waals surface area contributed by atoms with E-state index in [4.69, 9.17) is 0 Å². The lowest BCUT2D eigenvalue weighted by molar-refractivity contribution is 0.307. The van der Waals surface area contributed by atoms with Gasteiger partial charge in [-0.25, -0.2) is 8.42 Å². The number of rotatable bonds is 3. The molecule has 0 bridgehead atoms. The molecule has 18 heavy (non-hydrogen) atoms. The lowest BCUT2D eigenvalue weighted by Gasteiger charge is -2.30. The molecular weight excluding hydrogens is 252 g/mol. The second-order valence-electron chi connectivity index (χ2n) is 4.66. The molecule has 1 aromatic rings. The molecule has 0 amide bonds. The third-order valence-electron chi connectivity index (χ3n) is 3.10. The van der Waals surface area contributed by atoms with Gasteiger partial charge in [-0.2, -0.15) is 9.40 Å². The van der Waals surface area contributed by atoms with Crippen molar-refractivity contribution in [3.63, 3.8) is 0 Å². The Kier molecular flexibility index (Phi) is 3.74. The molecule has 1 fully saturated rings. The van der Waals surface area contributed by atoms with E-state index >= 15 is 0 Å². The van der Waals surface area contributed by atoms with Crippen molar-refractivity contribution in [2.24, 2.45) is 0 Å². The lowest BCUT2D eigenvalue weighted by Crippen LogP contribution is -2.51. The van der Waals surface area contributed by atoms with E-state index in [2.05, 4.69) is 10.4 Å². The van der Waals surface area contributed by atoms with Crippen LogP contribution in [0.25, 0.3) is 0 Å². The van der Waals surface area contributed by atoms with Crippen LogP contribution in [0.4, 0.5) is 0 Å². The number of aromatic nitrogens is 2. The van der Waals surface area contributed by atoms with Crippen molar-refractivity contribution < 1.29 is 8.42 Å². The Hall–Kier alpha value is -0.920. The van der Waals surface area contributed by atoms with Gasteiger partial charge in [-0.3, -0.25) is 4.68 Å². The second-order valence-corrected chi connectivity index (χ2v) is 6.54. The highest BCUT2D eigenvalue weighted by molar-refractivity contribution is 7.89. The van der Waals surface area contributed by atoms with Crippen LogP contribution < -0.4 is 5.32 Å². The van der Waals surface area contributed by atoms with Gasteiger partial charge in [0.15, 0.2) is 5.03 Å². The fourth-order valence-corrected chi connectivity index (χ4v) is 3.98. The van der Waals surface area contributed by atoms with Gasteiger partial charge in [0.1, 0.15) is 0 Å². The minimum atomic E-state index is -3.42. The topological polar surface area (TPSA) is 67.2 Å². The Morgan fingerprint density at radius 1 is 1.56 bits per heavy atom. The maximum atomic E-state index is 12.6. The first-order chi connectivity index (χ1) is 8.45. The van der Waals surface area contributed by atoms with Crippen LogP contribution in [-0.2, 0) is 16.6 Å². The van der Waals surface area contributed by atoms with Gasteiger partial charge in [0, 0.05) is 32.2 Å². The van der Waals surface area contributed by atoms with Crippen LogP contribution in [0.2, 0.25) is 0 Å². The molecule has 1 N–H and O–H groups in total. The standard InChI is InChI=1S/C11H20N4O2S/c1-4-15-11(7-9(2)13-15)18(16,17)14-6-5-12-10(3)8-14/h7,10,12H,4-6,8H2,1-3H3. The molecule has 0 aromatic carbocycles. The molecule has 0 saturated carbocycles. The zero-order valence-corrected chi connectivity index (χ0v) is 11.9. The molecule has 1 unspecified atom stereocenters. The molecule has 0 aliphatic carbocycles. The Morgan fingerprint density at radius 3 is 2.89 bits per heavy atom. The van der Waals surface area contributed by atoms with Crippen LogP contribution in [0.1, 0.15) is 19.5 Å². The summed E-state index contributed by atoms with van der Waals surface area (Å²) in [5.74, 6) is 0. The molecule has 1 saturated heterocycles. The number of piperazine rings is 1. The lowest BCUT2D eigenvalue weighted by atomic mass is 10.3. The van der Waals surface area contributed by atoms with E-state index in [-0.39, 0.29) is 6.04 Å². The Labute approximate surface area is 108 Å². The van der Waals surface area contributed by atoms with Gasteiger partial charge >= 0.3 is 0 Å². The van der Waals surface area contributed by atoms with E-state index in [1.807, 2.05) is 20.8 Å². The number of nitrogens with one attached hydrogen (secondary N) is 1. The quantitative estimate of drug-likeness (QED) is 0.853. The molecule has 6 nitrogen and oxygen atoms in total. The fourth-order valence-electron chi connectivity index (χ4n) is 2.20. The van der Waals surface area contributed by atoms with Gasteiger partial charge in [-0.15, -0.1) is 0 Å². The Morgan fingerprint density at radius 2 is 2.28 bits per heavy atom. The van der Waals surface area contributed by atoms with E-state index in [0.29, 0.717) is 31.2 Å². The first-order valence-electron chi connectivity index (χ1n) is 6.23. The summed E-state index contributed by atoms with van der Waals surface area (Å²) < 4.78 is 28.2. The summed E-state index contributed by atoms with van der Waals surface area (Å²) in [6, 6.07) is 1.83. The highest BCUT2D eigenvalue weighted by atomic mass is 32.2. The van der Waals surface area contributed by atoms with E-state index in [9.17, 15) is 8.42 Å². The molecule has 1 aliphatic rings. The van der Waals surface area contributed by atoms with Crippen molar-refractivity contribution in [2.75, 3.05) is 19.6 Å². The average Bonchev–Trinajstić information content (AvgIpc) is 2.71. The van der Waals surface area contributed by atoms with E-state index in [1.54, 1.807) is 10.7 Å². The van der Waals surface area contributed by atoms with Crippen LogP contribution in [0.3, 0.4) is 0 Å². The second kappa shape index (κ2) is 4.99. The first kappa shape index (κ1) is 13.5. The summed E-state index contributed by atoms with van der Waals surface area (Å²) >= 11 is 0. The first-order valence-corrected chi connectivity index (χ1v) is 7.67. The average molecular weight is 272 g/mol. The largest absolute Gasteiger partial charge is 0.312 e. The molecule has 2 heterocycles. The summed E-state index contributed by atoms with van der Waals surface area (Å²) in [4.78, 5) is 0. The normalized spacial score (nSPS) is 22.3. The van der Waals surface area contributed by atoms with Gasteiger partial charge in [0.25, 0.3) is 10.0 Å². The molecule has 102 valence electrons. The monoisotopic (exact) mass is 272 g/mol. The number of nitrogens with zero attached hydrogens (tertiary/aromatic N) is 3. The smallest absolute Gasteiger partial charge is 0.260 e. The predicted octanol–water partition coefficient (Wildman–Crippen LogP) is 0.194. The van der Waals surface area contributed by atoms with Gasteiger partial charge in [0.05, 0.1) is 5.69 Å². The van der Waals surface area contributed by atoms with Crippen molar-refractivity contribution in [2.45, 2.75) is 38.4 Å². The molecule has 2 rings (SSSR count). The highest BCUT2D eigenvalue weighted by Gasteiger charge is 2.31.